The molecule has 0 aliphatic carbocycles. The summed E-state index contributed by atoms with van der Waals surface area (Å²) in [6.07, 6.45) is 16.4. The van der Waals surface area contributed by atoms with E-state index in [9.17, 15) is 0 Å². The molecule has 144 heavy (non-hydrogen) atoms. The first-order valence-electron chi connectivity index (χ1n) is 51.6. The van der Waals surface area contributed by atoms with Crippen LogP contribution in [0.15, 0.2) is 328 Å². The standard InChI is InChI=1S/C29H21N2Si.C26H21N2.2C19H17N2Si.2C17H11N2O/c1-3-11-22(12-4-1)32(23-13-5-2-6-14-23)19-21-10-8-16-25-24-15-7-9-20-17-30-18-26(32)31(28(21)25)29(30)27(20)24;1-15-5-3-6-16(2)23(15)19-11-17-9-10-20-14-27-13-18-7-4-8-21-22(12-19)25(17)28(20)26(27)24(18)21;1-22(2)11-13-6-4-8-15-14-7-3-5-12-9-20-10-16(22)21(18(13)15)19(20)17(12)14;1-22(2)11-13-10-20-9-12-5-3-6-14-15-7-4-8-16(22)18(15)21(13)19(20)17(12)14;1-3-10-7-18-8-14-19-16-11(9-20-14)4-2-6-13(16)12(5-1)15(10)17(18)19;1-3-10-7-18-8-11-9-20-14-6-2-5-13-12(4-1)15(10)17(18)19(11)16(13)14/h1-16,18H,17,19H2;3-8,11-12,14H,9-10,13H2,1-2H3;2*3-8,10H,9,11H2,1-2H3;2*1-6,8H,7,9H2/q6*+1. The van der Waals surface area contributed by atoms with Crippen LogP contribution in [0.25, 0.3) is 175 Å². The van der Waals surface area contributed by atoms with Gasteiger partial charge in [-0.15, -0.1) is 0 Å². The third-order valence-corrected chi connectivity index (χ3v) is 46.3. The molecule has 0 N–H and O–H groups in total. The van der Waals surface area contributed by atoms with E-state index in [-0.39, 0.29) is 0 Å². The van der Waals surface area contributed by atoms with Crippen molar-refractivity contribution >= 4 is 214 Å². The van der Waals surface area contributed by atoms with Gasteiger partial charge in [-0.05, 0) is 106 Å². The van der Waals surface area contributed by atoms with E-state index in [1.54, 1.807) is 16.1 Å². The van der Waals surface area contributed by atoms with Crippen LogP contribution in [0.5, 0.6) is 11.6 Å². The molecule has 24 heterocycles. The first-order chi connectivity index (χ1) is 70.7. The van der Waals surface area contributed by atoms with E-state index >= 15 is 0 Å². The summed E-state index contributed by atoms with van der Waals surface area (Å²) in [6, 6.07) is 112. The fraction of sp³-hybridized carbons (Fsp3) is 0.150. The molecular formula is C127H98N12O2Si3+6. The van der Waals surface area contributed by atoms with Crippen molar-refractivity contribution in [1.82, 2.24) is 26.4 Å². The lowest BCUT2D eigenvalue weighted by Gasteiger charge is -2.33. The zero-order chi connectivity index (χ0) is 94.4. The van der Waals surface area contributed by atoms with Crippen LogP contribution in [0.1, 0.15) is 83.8 Å². The Morgan fingerprint density at radius 1 is 0.257 bits per heavy atom. The van der Waals surface area contributed by atoms with Crippen molar-refractivity contribution in [1.29, 1.82) is 0 Å². The molecule has 0 atom stereocenters. The molecule has 27 aromatic rings. The van der Waals surface area contributed by atoms with Crippen LogP contribution in [0.3, 0.4) is 0 Å². The molecule has 0 spiro atoms. The van der Waals surface area contributed by atoms with Gasteiger partial charge < -0.3 is 9.47 Å². The summed E-state index contributed by atoms with van der Waals surface area (Å²) < 4.78 is 41.6. The summed E-state index contributed by atoms with van der Waals surface area (Å²) in [7, 11) is -5.07. The van der Waals surface area contributed by atoms with E-state index in [0.717, 1.165) is 69.8 Å². The predicted octanol–water partition coefficient (Wildman–Crippen LogP) is 20.1. The lowest BCUT2D eigenvalue weighted by Crippen LogP contribution is -2.71. The maximum absolute atomic E-state index is 5.93. The Bertz CT molecular complexity index is 10600. The van der Waals surface area contributed by atoms with Gasteiger partial charge >= 0.3 is 5.88 Å². The molecule has 0 saturated carbocycles. The van der Waals surface area contributed by atoms with Crippen LogP contribution >= 0.6 is 0 Å². The van der Waals surface area contributed by atoms with E-state index in [4.69, 9.17) is 9.47 Å². The highest BCUT2D eigenvalue weighted by Crippen LogP contribution is 2.48. The maximum Gasteiger partial charge on any atom is 0.330 e. The normalized spacial score (nSPS) is 15.8. The third-order valence-electron chi connectivity index (χ3n) is 35.4. The molecule has 39 rings (SSSR count). The van der Waals surface area contributed by atoms with Gasteiger partial charge in [-0.25, -0.2) is 27.4 Å². The van der Waals surface area contributed by atoms with Crippen molar-refractivity contribution in [2.24, 2.45) is 0 Å². The zero-order valence-electron chi connectivity index (χ0n) is 81.1. The van der Waals surface area contributed by atoms with Crippen LogP contribution < -0.4 is 63.1 Å². The second kappa shape index (κ2) is 27.8. The van der Waals surface area contributed by atoms with E-state index < -0.39 is 24.2 Å². The van der Waals surface area contributed by atoms with Gasteiger partial charge in [-0.1, -0.05) is 293 Å². The number of imidazole rings is 6. The molecule has 14 nitrogen and oxygen atoms in total. The van der Waals surface area contributed by atoms with Crippen LogP contribution in [0.4, 0.5) is 0 Å². The summed E-state index contributed by atoms with van der Waals surface area (Å²) in [4.78, 5) is 0. The van der Waals surface area contributed by atoms with Gasteiger partial charge in [-0.2, -0.15) is 26.4 Å². The Morgan fingerprint density at radius 2 is 0.639 bits per heavy atom. The number of aryl methyl sites for hydroxylation is 4. The number of rotatable bonds is 3. The van der Waals surface area contributed by atoms with Crippen LogP contribution in [-0.2, 0) is 83.5 Å². The largest absolute Gasteiger partial charge is 0.480 e. The van der Waals surface area contributed by atoms with Gasteiger partial charge in [-0.3, -0.25) is 0 Å². The van der Waals surface area contributed by atoms with Crippen molar-refractivity contribution in [2.75, 3.05) is 0 Å². The molecule has 12 aromatic heterocycles. The second-order valence-corrected chi connectivity index (χ2v) is 57.3. The molecule has 17 heteroatoms. The highest BCUT2D eigenvalue weighted by Gasteiger charge is 2.52. The number of hydrogen-bond acceptors (Lipinski definition) is 2. The molecule has 12 aliphatic rings. The molecule has 15 aromatic carbocycles. The SMILES string of the molecule is C[Si]1(C)Cc2c[n+]3c4c5c(cccc5c5cccc1c5n24)C3.C[Si]1(C)Cc2cccc3c4cccc5c4c4n(c1c[n+]4C5)c23.Cc1cccc(C)c1-c1cc2c3c(c1)c1cccc4c1c1n3c(c[n+]1C4)CC2.c1cc2c3c(c1)c1cccc4c1n1c(c[n+](c31)C2)CO4.c1cc2c3c(c1)c1cccc4c1n1c(c[n+](c31)C2)OC4.c1ccc([Si]2(c3ccccc3)Cc3cccc4c5cccc6c5c5n(c2c[n+]5C6)c34)cc1. The maximum atomic E-state index is 5.93. The molecule has 0 radical (unpaired) electrons. The lowest BCUT2D eigenvalue weighted by molar-refractivity contribution is -0.657. The smallest absolute Gasteiger partial charge is 0.330 e. The minimum Gasteiger partial charge on any atom is -0.480 e. The topological polar surface area (TPSA) is 68.2 Å². The van der Waals surface area contributed by atoms with Crippen LogP contribution in [0, 0.1) is 13.8 Å². The molecule has 0 fully saturated rings. The number of hydrogen-bond donors (Lipinski definition) is 0. The number of benzene rings is 15. The lowest BCUT2D eigenvalue weighted by atomic mass is 9.89. The second-order valence-electron chi connectivity index (χ2n) is 44.2. The van der Waals surface area contributed by atoms with E-state index in [1.165, 1.54) is 281 Å². The molecule has 0 amide bonds. The first-order valence-corrected chi connectivity index (χ1v) is 60.2. The molecule has 0 unspecified atom stereocenters. The minimum absolute atomic E-state index is 0.661. The number of fused-ring (bicyclic) bond motifs is 6. The minimum atomic E-state index is -2.26. The van der Waals surface area contributed by atoms with Gasteiger partial charge in [0.15, 0.2) is 35.3 Å². The first kappa shape index (κ1) is 79.5. The number of aromatic nitrogens is 12. The summed E-state index contributed by atoms with van der Waals surface area (Å²) in [5.74, 6) is 1.97. The quantitative estimate of drug-likeness (QED) is 0.100. The Balaban J connectivity index is 0.0000000752. The molecule has 12 aliphatic heterocycles. The Labute approximate surface area is 830 Å². The fourth-order valence-electron chi connectivity index (χ4n) is 29.8. The Kier molecular flexibility index (Phi) is 15.3. The average Bonchev–Trinajstić information content (AvgIpc) is 1.48. The van der Waals surface area contributed by atoms with Gasteiger partial charge in [0.1, 0.15) is 129 Å². The zero-order valence-corrected chi connectivity index (χ0v) is 84.1. The number of para-hydroxylation sites is 5. The van der Waals surface area contributed by atoms with E-state index in [2.05, 4.69) is 422 Å². The molecule has 0 saturated heterocycles. The van der Waals surface area contributed by atoms with Crippen molar-refractivity contribution in [3.63, 3.8) is 0 Å². The van der Waals surface area contributed by atoms with Crippen molar-refractivity contribution in [2.45, 2.75) is 123 Å². The van der Waals surface area contributed by atoms with Crippen molar-refractivity contribution < 1.29 is 36.9 Å². The highest BCUT2D eigenvalue weighted by molar-refractivity contribution is 7.11. The third kappa shape index (κ3) is 10.1. The number of ether oxygens (including phenoxy) is 2. The Morgan fingerprint density at radius 3 is 1.17 bits per heavy atom. The molecule has 684 valence electrons. The number of pyridine rings is 6. The number of nitrogens with zero attached hydrogens (tertiary/aromatic N) is 12. The van der Waals surface area contributed by atoms with E-state index in [0.29, 0.717) is 13.2 Å². The van der Waals surface area contributed by atoms with Crippen LogP contribution in [0.2, 0.25) is 26.2 Å². The van der Waals surface area contributed by atoms with Gasteiger partial charge in [0, 0.05) is 122 Å². The summed E-state index contributed by atoms with van der Waals surface area (Å²) in [5, 5.41) is 33.0. The molecule has 0 bridgehead atoms. The van der Waals surface area contributed by atoms with Gasteiger partial charge in [0.25, 0.3) is 33.9 Å². The summed E-state index contributed by atoms with van der Waals surface area (Å²) in [5.41, 5.74) is 40.8. The van der Waals surface area contributed by atoms with E-state index in [1.807, 2.05) is 0 Å². The average molecular weight is 1910 g/mol. The van der Waals surface area contributed by atoms with Crippen LogP contribution in [-0.4, -0.2) is 50.6 Å². The summed E-state index contributed by atoms with van der Waals surface area (Å²) in [6.45, 7) is 21.8. The molecular weight excluding hydrogens is 1810 g/mol. The highest BCUT2D eigenvalue weighted by atomic mass is 28.3. The fourth-order valence-corrected chi connectivity index (χ4v) is 40.2. The van der Waals surface area contributed by atoms with Crippen molar-refractivity contribution in [3.05, 3.63) is 412 Å². The Hall–Kier alpha value is -16.2. The van der Waals surface area contributed by atoms with Gasteiger partial charge in [0.2, 0.25) is 8.07 Å². The van der Waals surface area contributed by atoms with Crippen molar-refractivity contribution in [3.8, 4) is 22.8 Å². The predicted molar refractivity (Wildman–Crippen MR) is 584 cm³/mol. The monoisotopic (exact) mass is 1910 g/mol. The summed E-state index contributed by atoms with van der Waals surface area (Å²) >= 11 is 0. The van der Waals surface area contributed by atoms with Gasteiger partial charge in [0.05, 0.1) is 40.4 Å².